The maximum atomic E-state index is 12.5. The number of halogens is 4. The summed E-state index contributed by atoms with van der Waals surface area (Å²) < 4.78 is 73.6. The highest BCUT2D eigenvalue weighted by Gasteiger charge is 2.49. The van der Waals surface area contributed by atoms with Gasteiger partial charge in [0.1, 0.15) is 5.75 Å². The Bertz CT molecular complexity index is 804. The molecular formula is C12H8ClF3O7S. The maximum absolute atomic E-state index is 12.5. The van der Waals surface area contributed by atoms with E-state index in [1.54, 1.807) is 0 Å². The second-order valence-corrected chi connectivity index (χ2v) is 6.46. The summed E-state index contributed by atoms with van der Waals surface area (Å²) in [6.07, 6.45) is -1.58. The van der Waals surface area contributed by atoms with Gasteiger partial charge in [0, 0.05) is 12.0 Å². The fraction of sp³-hybridized carbons (Fsp3) is 0.333. The molecule has 1 aromatic carbocycles. The number of esters is 1. The van der Waals surface area contributed by atoms with Gasteiger partial charge in [-0.3, -0.25) is 4.79 Å². The predicted octanol–water partition coefficient (Wildman–Crippen LogP) is 1.86. The molecule has 1 unspecified atom stereocenters. The van der Waals surface area contributed by atoms with Gasteiger partial charge in [-0.15, -0.1) is 0 Å². The Morgan fingerprint density at radius 2 is 2.08 bits per heavy atom. The number of carbonyl (C=O) groups is 2. The molecule has 0 aromatic heterocycles. The smallest absolute Gasteiger partial charge is 0.476 e. The van der Waals surface area contributed by atoms with E-state index in [1.165, 1.54) is 0 Å². The van der Waals surface area contributed by atoms with Crippen LogP contribution in [0.3, 0.4) is 0 Å². The van der Waals surface area contributed by atoms with Crippen LogP contribution in [0.4, 0.5) is 13.2 Å². The largest absolute Gasteiger partial charge is 0.534 e. The lowest BCUT2D eigenvalue weighted by molar-refractivity contribution is -0.147. The molecule has 0 bridgehead atoms. The Labute approximate surface area is 138 Å². The van der Waals surface area contributed by atoms with E-state index >= 15 is 0 Å². The first kappa shape index (κ1) is 18.3. The van der Waals surface area contributed by atoms with Gasteiger partial charge in [-0.05, 0) is 6.07 Å². The molecule has 1 heterocycles. The van der Waals surface area contributed by atoms with Crippen LogP contribution in [0.2, 0.25) is 5.02 Å². The number of hydrogen-bond donors (Lipinski definition) is 0. The third kappa shape index (κ3) is 3.13. The van der Waals surface area contributed by atoms with E-state index in [2.05, 4.69) is 8.92 Å². The molecule has 12 heteroatoms. The molecule has 1 aliphatic rings. The molecule has 0 fully saturated rings. The number of fused-ring (bicyclic) bond motifs is 1. The number of rotatable bonds is 4. The van der Waals surface area contributed by atoms with E-state index < -0.39 is 39.0 Å². The van der Waals surface area contributed by atoms with Crippen LogP contribution in [0.25, 0.3) is 0 Å². The molecule has 0 amide bonds. The number of carbonyl (C=O) groups excluding carboxylic acids is 2. The molecule has 0 spiro atoms. The average molecular weight is 389 g/mol. The summed E-state index contributed by atoms with van der Waals surface area (Å²) in [6, 6.07) is 0.869. The van der Waals surface area contributed by atoms with Gasteiger partial charge in [0.25, 0.3) is 0 Å². The number of methoxy groups -OCH3 is 1. The van der Waals surface area contributed by atoms with Crippen molar-refractivity contribution < 1.29 is 44.8 Å². The number of aldehydes is 1. The maximum Gasteiger partial charge on any atom is 0.534 e. The van der Waals surface area contributed by atoms with Crippen LogP contribution in [-0.2, 0) is 26.1 Å². The van der Waals surface area contributed by atoms with Crippen molar-refractivity contribution in [2.75, 3.05) is 7.11 Å². The average Bonchev–Trinajstić information content (AvgIpc) is 2.93. The van der Waals surface area contributed by atoms with Crippen molar-refractivity contribution >= 4 is 34.0 Å². The zero-order valence-corrected chi connectivity index (χ0v) is 13.3. The van der Waals surface area contributed by atoms with Crippen molar-refractivity contribution in [3.8, 4) is 11.5 Å². The van der Waals surface area contributed by atoms with Crippen LogP contribution in [0, 0.1) is 0 Å². The first-order valence-electron chi connectivity index (χ1n) is 6.07. The summed E-state index contributed by atoms with van der Waals surface area (Å²) in [4.78, 5) is 22.5. The van der Waals surface area contributed by atoms with E-state index in [0.29, 0.717) is 0 Å². The molecule has 0 saturated heterocycles. The first-order chi connectivity index (χ1) is 11.0. The van der Waals surface area contributed by atoms with Gasteiger partial charge < -0.3 is 13.7 Å². The van der Waals surface area contributed by atoms with Crippen molar-refractivity contribution in [2.24, 2.45) is 0 Å². The van der Waals surface area contributed by atoms with Crippen molar-refractivity contribution in [1.82, 2.24) is 0 Å². The van der Waals surface area contributed by atoms with Gasteiger partial charge in [-0.25, -0.2) is 4.79 Å². The number of ether oxygens (including phenoxy) is 2. The summed E-state index contributed by atoms with van der Waals surface area (Å²) >= 11 is 5.84. The molecule has 7 nitrogen and oxygen atoms in total. The topological polar surface area (TPSA) is 96.0 Å². The van der Waals surface area contributed by atoms with Crippen LogP contribution in [0.1, 0.15) is 15.9 Å². The van der Waals surface area contributed by atoms with Gasteiger partial charge >= 0.3 is 21.6 Å². The minimum absolute atomic E-state index is 0.0683. The van der Waals surface area contributed by atoms with Crippen molar-refractivity contribution in [2.45, 2.75) is 18.0 Å². The summed E-state index contributed by atoms with van der Waals surface area (Å²) in [5.74, 6) is -2.02. The van der Waals surface area contributed by atoms with E-state index in [9.17, 15) is 31.2 Å². The lowest BCUT2D eigenvalue weighted by Crippen LogP contribution is -2.29. The number of alkyl halides is 3. The van der Waals surface area contributed by atoms with Gasteiger partial charge in [-0.1, -0.05) is 11.6 Å². The Hall–Kier alpha value is -2.01. The quantitative estimate of drug-likeness (QED) is 0.336. The fourth-order valence-electron chi connectivity index (χ4n) is 1.98. The SMILES string of the molecule is COC(=O)C1Cc2c(c(Cl)cc(C=O)c2OS(=O)(=O)C(F)(F)F)O1. The zero-order chi connectivity index (χ0) is 18.3. The van der Waals surface area contributed by atoms with Crippen LogP contribution in [-0.4, -0.2) is 39.4 Å². The van der Waals surface area contributed by atoms with Crippen molar-refractivity contribution in [3.63, 3.8) is 0 Å². The molecule has 1 atom stereocenters. The highest BCUT2D eigenvalue weighted by atomic mass is 35.5. The fourth-order valence-corrected chi connectivity index (χ4v) is 2.76. The third-order valence-electron chi connectivity index (χ3n) is 3.03. The van der Waals surface area contributed by atoms with E-state index in [-0.39, 0.29) is 29.0 Å². The standard InChI is InChI=1S/C12H8ClF3O7S/c1-21-11(18)8-3-6-9(23-24(19,20)12(14,15)16)5(4-17)2-7(13)10(6)22-8/h2,4,8H,3H2,1H3. The Morgan fingerprint density at radius 3 is 2.58 bits per heavy atom. The van der Waals surface area contributed by atoms with Crippen LogP contribution in [0.5, 0.6) is 11.5 Å². The lowest BCUT2D eigenvalue weighted by Gasteiger charge is -2.14. The van der Waals surface area contributed by atoms with Gasteiger partial charge in [0.15, 0.2) is 18.1 Å². The molecule has 0 radical (unpaired) electrons. The molecule has 2 rings (SSSR count). The third-order valence-corrected chi connectivity index (χ3v) is 4.26. The Balaban J connectivity index is 2.56. The molecule has 24 heavy (non-hydrogen) atoms. The van der Waals surface area contributed by atoms with E-state index in [1.807, 2.05) is 0 Å². The summed E-state index contributed by atoms with van der Waals surface area (Å²) in [5.41, 5.74) is -6.51. The molecule has 1 aromatic rings. The lowest BCUT2D eigenvalue weighted by atomic mass is 10.1. The molecule has 0 aliphatic carbocycles. The van der Waals surface area contributed by atoms with Crippen molar-refractivity contribution in [1.29, 1.82) is 0 Å². The zero-order valence-electron chi connectivity index (χ0n) is 11.7. The Morgan fingerprint density at radius 1 is 1.46 bits per heavy atom. The minimum Gasteiger partial charge on any atom is -0.476 e. The summed E-state index contributed by atoms with van der Waals surface area (Å²) in [6.45, 7) is 0. The molecule has 0 N–H and O–H groups in total. The second kappa shape index (κ2) is 6.13. The Kier molecular flexibility index (Phi) is 4.68. The van der Waals surface area contributed by atoms with Gasteiger partial charge in [0.2, 0.25) is 0 Å². The van der Waals surface area contributed by atoms with Gasteiger partial charge in [-0.2, -0.15) is 21.6 Å². The van der Waals surface area contributed by atoms with E-state index in [0.717, 1.165) is 13.2 Å². The summed E-state index contributed by atoms with van der Waals surface area (Å²) in [7, 11) is -4.98. The summed E-state index contributed by atoms with van der Waals surface area (Å²) in [5, 5.41) is -0.199. The van der Waals surface area contributed by atoms with E-state index in [4.69, 9.17) is 16.3 Å². The molecule has 1 aliphatic heterocycles. The second-order valence-electron chi connectivity index (χ2n) is 4.52. The van der Waals surface area contributed by atoms with Gasteiger partial charge in [0.05, 0.1) is 17.7 Å². The van der Waals surface area contributed by atoms with Crippen LogP contribution in [0.15, 0.2) is 6.07 Å². The highest BCUT2D eigenvalue weighted by molar-refractivity contribution is 7.88. The predicted molar refractivity (Wildman–Crippen MR) is 72.6 cm³/mol. The number of benzene rings is 1. The monoisotopic (exact) mass is 388 g/mol. The van der Waals surface area contributed by atoms with Crippen LogP contribution >= 0.6 is 11.6 Å². The number of hydrogen-bond acceptors (Lipinski definition) is 7. The molecular weight excluding hydrogens is 381 g/mol. The molecule has 132 valence electrons. The van der Waals surface area contributed by atoms with Crippen LogP contribution < -0.4 is 8.92 Å². The minimum atomic E-state index is -6.03. The first-order valence-corrected chi connectivity index (χ1v) is 7.86. The van der Waals surface area contributed by atoms with Crippen molar-refractivity contribution in [3.05, 3.63) is 22.2 Å². The highest BCUT2D eigenvalue weighted by Crippen LogP contribution is 2.45. The molecule has 0 saturated carbocycles. The normalized spacial score (nSPS) is 17.0.